The summed E-state index contributed by atoms with van der Waals surface area (Å²) in [6.07, 6.45) is 0.164. The van der Waals surface area contributed by atoms with Crippen LogP contribution in [0.5, 0.6) is 0 Å². The van der Waals surface area contributed by atoms with E-state index < -0.39 is 5.97 Å². The molecule has 24 heavy (non-hydrogen) atoms. The molecule has 0 bridgehead atoms. The lowest BCUT2D eigenvalue weighted by molar-refractivity contribution is -0.138. The highest BCUT2D eigenvalue weighted by Crippen LogP contribution is 2.27. The molecule has 0 spiro atoms. The van der Waals surface area contributed by atoms with Gasteiger partial charge in [0.2, 0.25) is 0 Å². The number of piperazine rings is 1. The van der Waals surface area contributed by atoms with Crippen molar-refractivity contribution in [2.24, 2.45) is 0 Å². The van der Waals surface area contributed by atoms with Gasteiger partial charge < -0.3 is 10.0 Å². The first-order valence-electron chi connectivity index (χ1n) is 8.46. The standard InChI is InChI=1S/C20H24N2O2/c1-16-19(14-20(23)24)21(15-17-8-4-2-5-9-17)12-13-22(16)18-10-6-3-7-11-18/h2-11,16,19H,12-15H2,1H3,(H,23,24)/t16-,19+/m0/s1. The minimum atomic E-state index is -0.736. The monoisotopic (exact) mass is 324 g/mol. The van der Waals surface area contributed by atoms with Crippen LogP contribution in [0.1, 0.15) is 18.9 Å². The molecule has 0 radical (unpaired) electrons. The molecule has 0 amide bonds. The van der Waals surface area contributed by atoms with Gasteiger partial charge in [0.25, 0.3) is 0 Å². The summed E-state index contributed by atoms with van der Waals surface area (Å²) in [4.78, 5) is 16.1. The van der Waals surface area contributed by atoms with Crippen molar-refractivity contribution in [2.45, 2.75) is 32.0 Å². The third-order valence-corrected chi connectivity index (χ3v) is 4.85. The smallest absolute Gasteiger partial charge is 0.305 e. The Labute approximate surface area is 143 Å². The van der Waals surface area contributed by atoms with E-state index in [9.17, 15) is 9.90 Å². The zero-order chi connectivity index (χ0) is 16.9. The molecule has 4 nitrogen and oxygen atoms in total. The molecule has 1 aliphatic rings. The molecular weight excluding hydrogens is 300 g/mol. The predicted octanol–water partition coefficient (Wildman–Crippen LogP) is 3.24. The number of aliphatic carboxylic acids is 1. The zero-order valence-electron chi connectivity index (χ0n) is 14.0. The molecule has 0 aliphatic carbocycles. The number of nitrogens with zero attached hydrogens (tertiary/aromatic N) is 2. The van der Waals surface area contributed by atoms with Gasteiger partial charge in [-0.05, 0) is 24.6 Å². The number of anilines is 1. The lowest BCUT2D eigenvalue weighted by Gasteiger charge is -2.47. The Balaban J connectivity index is 1.80. The van der Waals surface area contributed by atoms with Gasteiger partial charge in [-0.2, -0.15) is 0 Å². The number of carboxylic acids is 1. The second kappa shape index (κ2) is 7.49. The number of benzene rings is 2. The van der Waals surface area contributed by atoms with Crippen molar-refractivity contribution in [3.05, 3.63) is 66.2 Å². The van der Waals surface area contributed by atoms with Crippen molar-refractivity contribution in [1.82, 2.24) is 4.90 Å². The van der Waals surface area contributed by atoms with Gasteiger partial charge in [-0.15, -0.1) is 0 Å². The fourth-order valence-corrected chi connectivity index (χ4v) is 3.59. The van der Waals surface area contributed by atoms with Crippen LogP contribution in [-0.2, 0) is 11.3 Å². The molecule has 1 N–H and O–H groups in total. The van der Waals surface area contributed by atoms with Gasteiger partial charge in [0, 0.05) is 37.4 Å². The van der Waals surface area contributed by atoms with Crippen LogP contribution in [0.2, 0.25) is 0 Å². The van der Waals surface area contributed by atoms with E-state index in [2.05, 4.69) is 41.0 Å². The first kappa shape index (κ1) is 16.5. The van der Waals surface area contributed by atoms with Crippen LogP contribution < -0.4 is 4.90 Å². The van der Waals surface area contributed by atoms with E-state index >= 15 is 0 Å². The number of hydrogen-bond donors (Lipinski definition) is 1. The summed E-state index contributed by atoms with van der Waals surface area (Å²) in [5.41, 5.74) is 2.40. The highest BCUT2D eigenvalue weighted by molar-refractivity contribution is 5.68. The van der Waals surface area contributed by atoms with E-state index in [1.165, 1.54) is 11.3 Å². The molecule has 0 aromatic heterocycles. The maximum Gasteiger partial charge on any atom is 0.305 e. The summed E-state index contributed by atoms with van der Waals surface area (Å²) in [6.45, 7) is 4.71. The van der Waals surface area contributed by atoms with E-state index in [4.69, 9.17) is 0 Å². The third kappa shape index (κ3) is 3.77. The van der Waals surface area contributed by atoms with Crippen LogP contribution >= 0.6 is 0 Å². The molecule has 4 heteroatoms. The molecule has 2 atom stereocenters. The second-order valence-corrected chi connectivity index (χ2v) is 6.39. The minimum Gasteiger partial charge on any atom is -0.481 e. The Morgan fingerprint density at radius 2 is 1.67 bits per heavy atom. The molecule has 1 aliphatic heterocycles. The van der Waals surface area contributed by atoms with Crippen molar-refractivity contribution in [3.8, 4) is 0 Å². The molecular formula is C20H24N2O2. The fraction of sp³-hybridized carbons (Fsp3) is 0.350. The summed E-state index contributed by atoms with van der Waals surface area (Å²) >= 11 is 0. The summed E-state index contributed by atoms with van der Waals surface area (Å²) in [5.74, 6) is -0.736. The minimum absolute atomic E-state index is 0.00309. The highest BCUT2D eigenvalue weighted by atomic mass is 16.4. The lowest BCUT2D eigenvalue weighted by atomic mass is 9.98. The van der Waals surface area contributed by atoms with Crippen molar-refractivity contribution in [3.63, 3.8) is 0 Å². The molecule has 1 fully saturated rings. The Morgan fingerprint density at radius 3 is 2.29 bits per heavy atom. The van der Waals surface area contributed by atoms with Gasteiger partial charge in [-0.3, -0.25) is 9.69 Å². The van der Waals surface area contributed by atoms with Gasteiger partial charge in [0.05, 0.1) is 6.42 Å². The Morgan fingerprint density at radius 1 is 1.04 bits per heavy atom. The van der Waals surface area contributed by atoms with Gasteiger partial charge in [0.15, 0.2) is 0 Å². The van der Waals surface area contributed by atoms with Crippen LogP contribution in [0.4, 0.5) is 5.69 Å². The largest absolute Gasteiger partial charge is 0.481 e. The van der Waals surface area contributed by atoms with E-state index in [1.807, 2.05) is 36.4 Å². The fourth-order valence-electron chi connectivity index (χ4n) is 3.59. The van der Waals surface area contributed by atoms with Gasteiger partial charge in [-0.1, -0.05) is 48.5 Å². The van der Waals surface area contributed by atoms with Gasteiger partial charge >= 0.3 is 5.97 Å². The zero-order valence-corrected chi connectivity index (χ0v) is 14.0. The predicted molar refractivity (Wildman–Crippen MR) is 96.1 cm³/mol. The van der Waals surface area contributed by atoms with E-state index in [0.717, 1.165) is 19.6 Å². The maximum absolute atomic E-state index is 11.4. The maximum atomic E-state index is 11.4. The molecule has 1 saturated heterocycles. The van der Waals surface area contributed by atoms with Crippen molar-refractivity contribution in [1.29, 1.82) is 0 Å². The van der Waals surface area contributed by atoms with E-state index in [0.29, 0.717) is 0 Å². The van der Waals surface area contributed by atoms with Crippen LogP contribution in [-0.4, -0.2) is 41.1 Å². The Hall–Kier alpha value is -2.33. The van der Waals surface area contributed by atoms with Crippen molar-refractivity contribution >= 4 is 11.7 Å². The molecule has 1 heterocycles. The summed E-state index contributed by atoms with van der Waals surface area (Å²) in [6, 6.07) is 20.7. The summed E-state index contributed by atoms with van der Waals surface area (Å²) < 4.78 is 0. The second-order valence-electron chi connectivity index (χ2n) is 6.39. The topological polar surface area (TPSA) is 43.8 Å². The average Bonchev–Trinajstić information content (AvgIpc) is 2.59. The van der Waals surface area contributed by atoms with Crippen LogP contribution in [0.3, 0.4) is 0 Å². The number of para-hydroxylation sites is 1. The number of hydrogen-bond acceptors (Lipinski definition) is 3. The number of carbonyl (C=O) groups is 1. The van der Waals surface area contributed by atoms with Gasteiger partial charge in [0.1, 0.15) is 0 Å². The van der Waals surface area contributed by atoms with E-state index in [1.54, 1.807) is 0 Å². The first-order valence-corrected chi connectivity index (χ1v) is 8.46. The van der Waals surface area contributed by atoms with Crippen molar-refractivity contribution in [2.75, 3.05) is 18.0 Å². The molecule has 126 valence electrons. The SMILES string of the molecule is C[C@H]1[C@@H](CC(=O)O)N(Cc2ccccc2)CCN1c1ccccc1. The lowest BCUT2D eigenvalue weighted by Crippen LogP contribution is -2.58. The number of rotatable bonds is 5. The third-order valence-electron chi connectivity index (χ3n) is 4.85. The average molecular weight is 324 g/mol. The number of carboxylic acid groups (broad SMARTS) is 1. The Kier molecular flexibility index (Phi) is 5.16. The molecule has 2 aromatic carbocycles. The first-order chi connectivity index (χ1) is 11.6. The summed E-state index contributed by atoms with van der Waals surface area (Å²) in [7, 11) is 0. The summed E-state index contributed by atoms with van der Waals surface area (Å²) in [5, 5.41) is 9.38. The molecule has 0 unspecified atom stereocenters. The van der Waals surface area contributed by atoms with Gasteiger partial charge in [-0.25, -0.2) is 0 Å². The van der Waals surface area contributed by atoms with Crippen LogP contribution in [0, 0.1) is 0 Å². The van der Waals surface area contributed by atoms with Crippen molar-refractivity contribution < 1.29 is 9.90 Å². The highest BCUT2D eigenvalue weighted by Gasteiger charge is 2.35. The molecule has 3 rings (SSSR count). The Bertz CT molecular complexity index is 658. The van der Waals surface area contributed by atoms with Crippen LogP contribution in [0.15, 0.2) is 60.7 Å². The quantitative estimate of drug-likeness (QED) is 0.917. The van der Waals surface area contributed by atoms with Crippen LogP contribution in [0.25, 0.3) is 0 Å². The molecule has 0 saturated carbocycles. The normalized spacial score (nSPS) is 21.6. The molecule has 2 aromatic rings. The van der Waals surface area contributed by atoms with E-state index in [-0.39, 0.29) is 18.5 Å².